The Kier molecular flexibility index (Phi) is 5.03. The number of carbonyl (C=O) groups is 4. The Morgan fingerprint density at radius 1 is 1.26 bits per heavy atom. The van der Waals surface area contributed by atoms with Crippen LogP contribution in [-0.4, -0.2) is 45.9 Å². The van der Waals surface area contributed by atoms with Gasteiger partial charge in [-0.05, 0) is 17.8 Å². The molecular weight excluding hydrogens is 320 g/mol. The lowest BCUT2D eigenvalue weighted by molar-refractivity contribution is -0.128. The number of cyclic esters (lactones) is 1. The molecule has 2 heterocycles. The van der Waals surface area contributed by atoms with Gasteiger partial charge in [-0.1, -0.05) is 39.5 Å². The highest BCUT2D eigenvalue weighted by Gasteiger charge is 2.44. The number of nitrogens with one attached hydrogen (secondary N) is 1. The van der Waals surface area contributed by atoms with E-state index in [1.807, 2.05) is 27.7 Å². The number of carbonyl (C=O) groups excluding carboxylic acids is 4. The number of hydrogen-bond acceptors (Lipinski definition) is 6. The number of ether oxygens (including phenoxy) is 1. The van der Waals surface area contributed by atoms with E-state index in [2.05, 4.69) is 5.32 Å². The summed E-state index contributed by atoms with van der Waals surface area (Å²) in [6.45, 7) is 7.91. The zero-order valence-electron chi connectivity index (χ0n) is 13.8. The third-order valence-electron chi connectivity index (χ3n) is 3.78. The zero-order valence-corrected chi connectivity index (χ0v) is 14.6. The number of nitrogens with zero attached hydrogens (tertiary/aromatic N) is 1. The number of imide groups is 2. The van der Waals surface area contributed by atoms with Crippen molar-refractivity contribution in [3.05, 3.63) is 0 Å². The molecule has 2 aliphatic heterocycles. The fourth-order valence-corrected chi connectivity index (χ4v) is 3.98. The maximum Gasteiger partial charge on any atom is 0.414 e. The Morgan fingerprint density at radius 2 is 1.91 bits per heavy atom. The highest BCUT2D eigenvalue weighted by atomic mass is 32.2. The second-order valence-electron chi connectivity index (χ2n) is 7.18. The molecule has 1 N–H and O–H groups in total. The molecule has 0 radical (unpaired) electrons. The van der Waals surface area contributed by atoms with Crippen LogP contribution in [0.4, 0.5) is 9.59 Å². The minimum Gasteiger partial charge on any atom is -0.436 e. The first kappa shape index (κ1) is 17.8. The summed E-state index contributed by atoms with van der Waals surface area (Å²) in [7, 11) is 0. The lowest BCUT2D eigenvalue weighted by atomic mass is 9.85. The number of rotatable bonds is 6. The maximum absolute atomic E-state index is 12.4. The van der Waals surface area contributed by atoms with Gasteiger partial charge in [-0.3, -0.25) is 24.6 Å². The van der Waals surface area contributed by atoms with Crippen molar-refractivity contribution >= 4 is 34.9 Å². The molecule has 23 heavy (non-hydrogen) atoms. The Hall–Kier alpha value is -1.57. The van der Waals surface area contributed by atoms with Crippen LogP contribution in [0.1, 0.15) is 40.5 Å². The molecule has 8 heteroatoms. The van der Waals surface area contributed by atoms with E-state index in [4.69, 9.17) is 4.74 Å². The van der Waals surface area contributed by atoms with Crippen LogP contribution in [0.3, 0.4) is 0 Å². The quantitative estimate of drug-likeness (QED) is 0.795. The molecule has 2 saturated heterocycles. The summed E-state index contributed by atoms with van der Waals surface area (Å²) >= 11 is 1.07. The Morgan fingerprint density at radius 3 is 2.43 bits per heavy atom. The van der Waals surface area contributed by atoms with Gasteiger partial charge in [0.1, 0.15) is 0 Å². The Labute approximate surface area is 139 Å². The third-order valence-corrected chi connectivity index (χ3v) is 4.88. The van der Waals surface area contributed by atoms with Crippen molar-refractivity contribution in [2.24, 2.45) is 11.3 Å². The lowest BCUT2D eigenvalue weighted by Gasteiger charge is -2.30. The average molecular weight is 342 g/mol. The lowest BCUT2D eigenvalue weighted by Crippen LogP contribution is -2.41. The summed E-state index contributed by atoms with van der Waals surface area (Å²) in [6, 6.07) is 0. The molecule has 0 aromatic rings. The number of hydrogen-bond donors (Lipinski definition) is 1. The molecule has 0 bridgehead atoms. The Bertz CT molecular complexity index is 546. The van der Waals surface area contributed by atoms with E-state index in [1.165, 1.54) is 4.90 Å². The molecule has 7 nitrogen and oxygen atoms in total. The summed E-state index contributed by atoms with van der Waals surface area (Å²) in [6.07, 6.45) is -0.711. The van der Waals surface area contributed by atoms with Gasteiger partial charge < -0.3 is 4.74 Å². The monoisotopic (exact) mass is 342 g/mol. The number of alkyl carbamates (subject to hydrolysis) is 1. The SMILES string of the molecule is CC(C)CC1SC(=O)N(CC(C)(C)CC2OC(=O)NC2=O)C1=O. The van der Waals surface area contributed by atoms with E-state index >= 15 is 0 Å². The van der Waals surface area contributed by atoms with Crippen LogP contribution in [-0.2, 0) is 14.3 Å². The molecule has 0 spiro atoms. The van der Waals surface area contributed by atoms with Crippen LogP contribution in [0.2, 0.25) is 0 Å². The highest BCUT2D eigenvalue weighted by molar-refractivity contribution is 8.15. The third kappa shape index (κ3) is 4.25. The second-order valence-corrected chi connectivity index (χ2v) is 8.33. The van der Waals surface area contributed by atoms with E-state index < -0.39 is 23.5 Å². The summed E-state index contributed by atoms with van der Waals surface area (Å²) in [5.74, 6) is -0.317. The average Bonchev–Trinajstić information content (AvgIpc) is 2.82. The van der Waals surface area contributed by atoms with Crippen molar-refractivity contribution in [3.63, 3.8) is 0 Å². The van der Waals surface area contributed by atoms with Crippen LogP contribution in [0.5, 0.6) is 0 Å². The molecule has 2 fully saturated rings. The predicted octanol–water partition coefficient (Wildman–Crippen LogP) is 2.15. The molecule has 0 aliphatic carbocycles. The number of thioether (sulfide) groups is 1. The number of amides is 4. The first-order chi connectivity index (χ1) is 10.6. The largest absolute Gasteiger partial charge is 0.436 e. The van der Waals surface area contributed by atoms with Gasteiger partial charge in [-0.15, -0.1) is 0 Å². The van der Waals surface area contributed by atoms with Crippen LogP contribution >= 0.6 is 11.8 Å². The molecule has 2 aliphatic rings. The molecule has 0 aromatic heterocycles. The van der Waals surface area contributed by atoms with Crippen LogP contribution in [0.15, 0.2) is 0 Å². The molecule has 2 unspecified atom stereocenters. The van der Waals surface area contributed by atoms with Gasteiger partial charge in [-0.2, -0.15) is 0 Å². The summed E-state index contributed by atoms with van der Waals surface area (Å²) in [5.41, 5.74) is -0.536. The molecule has 0 aromatic carbocycles. The molecule has 4 amide bonds. The van der Waals surface area contributed by atoms with Gasteiger partial charge in [-0.25, -0.2) is 4.79 Å². The van der Waals surface area contributed by atoms with Gasteiger partial charge in [0.05, 0.1) is 5.25 Å². The van der Waals surface area contributed by atoms with Gasteiger partial charge in [0.2, 0.25) is 5.91 Å². The second kappa shape index (κ2) is 6.51. The fourth-order valence-electron chi connectivity index (χ4n) is 2.74. The van der Waals surface area contributed by atoms with Gasteiger partial charge in [0, 0.05) is 13.0 Å². The molecule has 2 atom stereocenters. The Balaban J connectivity index is 1.99. The molecule has 128 valence electrons. The smallest absolute Gasteiger partial charge is 0.414 e. The fraction of sp³-hybridized carbons (Fsp3) is 0.733. The molecule has 2 rings (SSSR count). The standard InChI is InChI=1S/C15H22N2O5S/c1-8(2)5-10-12(19)17(14(21)23-10)7-15(3,4)6-9-11(18)16-13(20)22-9/h8-10H,5-7H2,1-4H3,(H,16,18,20). The van der Waals surface area contributed by atoms with E-state index in [0.717, 1.165) is 11.8 Å². The highest BCUT2D eigenvalue weighted by Crippen LogP contribution is 2.35. The minimum absolute atomic E-state index is 0.172. The van der Waals surface area contributed by atoms with Crippen molar-refractivity contribution in [2.45, 2.75) is 51.9 Å². The van der Waals surface area contributed by atoms with E-state index in [9.17, 15) is 19.2 Å². The predicted molar refractivity (Wildman–Crippen MR) is 84.8 cm³/mol. The van der Waals surface area contributed by atoms with Crippen LogP contribution in [0.25, 0.3) is 0 Å². The van der Waals surface area contributed by atoms with Crippen LogP contribution in [0, 0.1) is 11.3 Å². The van der Waals surface area contributed by atoms with E-state index in [0.29, 0.717) is 12.3 Å². The van der Waals surface area contributed by atoms with Crippen molar-refractivity contribution in [3.8, 4) is 0 Å². The van der Waals surface area contributed by atoms with E-state index in [-0.39, 0.29) is 29.4 Å². The van der Waals surface area contributed by atoms with Crippen LogP contribution < -0.4 is 5.32 Å². The first-order valence-corrected chi connectivity index (χ1v) is 8.50. The molecular formula is C15H22N2O5S. The normalized spacial score (nSPS) is 25.3. The topological polar surface area (TPSA) is 92.8 Å². The van der Waals surface area contributed by atoms with Gasteiger partial charge in [0.15, 0.2) is 6.10 Å². The van der Waals surface area contributed by atoms with Crippen molar-refractivity contribution in [1.29, 1.82) is 0 Å². The van der Waals surface area contributed by atoms with Crippen molar-refractivity contribution in [1.82, 2.24) is 10.2 Å². The first-order valence-electron chi connectivity index (χ1n) is 7.62. The molecule has 0 saturated carbocycles. The van der Waals surface area contributed by atoms with Gasteiger partial charge in [0.25, 0.3) is 11.1 Å². The minimum atomic E-state index is -0.871. The summed E-state index contributed by atoms with van der Waals surface area (Å²) in [4.78, 5) is 48.4. The maximum atomic E-state index is 12.4. The van der Waals surface area contributed by atoms with Crippen molar-refractivity contribution < 1.29 is 23.9 Å². The van der Waals surface area contributed by atoms with Crippen molar-refractivity contribution in [2.75, 3.05) is 6.54 Å². The van der Waals surface area contributed by atoms with Gasteiger partial charge >= 0.3 is 6.09 Å². The summed E-state index contributed by atoms with van der Waals surface area (Å²) < 4.78 is 4.91. The zero-order chi connectivity index (χ0) is 17.4. The van der Waals surface area contributed by atoms with E-state index in [1.54, 1.807) is 0 Å². The summed E-state index contributed by atoms with van der Waals surface area (Å²) in [5, 5.41) is 1.50.